The summed E-state index contributed by atoms with van der Waals surface area (Å²) < 4.78 is 15.5. The highest BCUT2D eigenvalue weighted by molar-refractivity contribution is 7.07. The molecule has 1 aliphatic carbocycles. The first-order chi connectivity index (χ1) is 9.80. The second kappa shape index (κ2) is 5.63. The smallest absolute Gasteiger partial charge is 0.298 e. The Morgan fingerprint density at radius 1 is 1.30 bits per heavy atom. The fourth-order valence-electron chi connectivity index (χ4n) is 1.93. The minimum atomic E-state index is 0.544. The normalized spacial score (nSPS) is 14.7. The van der Waals surface area contributed by atoms with Gasteiger partial charge in [-0.25, -0.2) is 0 Å². The van der Waals surface area contributed by atoms with E-state index < -0.39 is 0 Å². The largest absolute Gasteiger partial charge is 0.493 e. The van der Waals surface area contributed by atoms with Gasteiger partial charge in [-0.1, -0.05) is 18.2 Å². The predicted octanol–water partition coefficient (Wildman–Crippen LogP) is 4.25. The summed E-state index contributed by atoms with van der Waals surface area (Å²) in [6.45, 7) is 1.98. The van der Waals surface area contributed by atoms with Crippen LogP contribution in [-0.4, -0.2) is 16.5 Å². The molecule has 0 aliphatic heterocycles. The zero-order valence-electron chi connectivity index (χ0n) is 11.5. The molecule has 0 spiro atoms. The lowest BCUT2D eigenvalue weighted by Gasteiger charge is -2.08. The molecule has 0 atom stereocenters. The number of benzene rings is 1. The Kier molecular flexibility index (Phi) is 3.69. The van der Waals surface area contributed by atoms with Gasteiger partial charge in [0.2, 0.25) is 0 Å². The van der Waals surface area contributed by atoms with Gasteiger partial charge in [-0.15, -0.1) is 0 Å². The quantitative estimate of drug-likeness (QED) is 0.825. The molecule has 1 fully saturated rings. The molecule has 3 rings (SSSR count). The summed E-state index contributed by atoms with van der Waals surface area (Å²) in [7, 11) is 1.64. The van der Waals surface area contributed by atoms with E-state index in [4.69, 9.17) is 9.47 Å². The molecule has 0 N–H and O–H groups in total. The second-order valence-electron chi connectivity index (χ2n) is 4.71. The van der Waals surface area contributed by atoms with E-state index in [0.29, 0.717) is 22.6 Å². The average Bonchev–Trinajstić information content (AvgIpc) is 3.21. The van der Waals surface area contributed by atoms with E-state index in [1.165, 1.54) is 24.4 Å². The minimum absolute atomic E-state index is 0.544. The first-order valence-corrected chi connectivity index (χ1v) is 7.39. The Labute approximate surface area is 122 Å². The van der Waals surface area contributed by atoms with Crippen molar-refractivity contribution in [3.63, 3.8) is 0 Å². The van der Waals surface area contributed by atoms with Gasteiger partial charge in [-0.2, -0.15) is 9.36 Å². The Morgan fingerprint density at radius 3 is 2.85 bits per heavy atom. The third-order valence-corrected chi connectivity index (χ3v) is 3.72. The minimum Gasteiger partial charge on any atom is -0.493 e. The molecule has 20 heavy (non-hydrogen) atoms. The first kappa shape index (κ1) is 13.1. The summed E-state index contributed by atoms with van der Waals surface area (Å²) in [5.74, 6) is 2.82. The van der Waals surface area contributed by atoms with Crippen molar-refractivity contribution in [1.29, 1.82) is 0 Å². The van der Waals surface area contributed by atoms with Crippen LogP contribution in [0.4, 0.5) is 0 Å². The Morgan fingerprint density at radius 2 is 2.15 bits per heavy atom. The Bertz CT molecular complexity index is 633. The molecule has 1 aliphatic rings. The lowest BCUT2D eigenvalue weighted by Crippen LogP contribution is -1.91. The molecule has 5 heteroatoms. The van der Waals surface area contributed by atoms with Crippen molar-refractivity contribution in [2.24, 2.45) is 0 Å². The highest BCUT2D eigenvalue weighted by atomic mass is 32.1. The molecule has 1 aromatic carbocycles. The van der Waals surface area contributed by atoms with Crippen molar-refractivity contribution in [2.75, 3.05) is 7.11 Å². The highest BCUT2D eigenvalue weighted by Gasteiger charge is 2.28. The van der Waals surface area contributed by atoms with Crippen LogP contribution in [0, 0.1) is 0 Å². The van der Waals surface area contributed by atoms with E-state index >= 15 is 0 Å². The summed E-state index contributed by atoms with van der Waals surface area (Å²) in [6, 6.07) is 5.82. The molecule has 2 aromatic rings. The molecule has 104 valence electrons. The number of ether oxygens (including phenoxy) is 2. The topological polar surface area (TPSA) is 44.2 Å². The number of aromatic nitrogens is 2. The molecule has 0 unspecified atom stereocenters. The van der Waals surface area contributed by atoms with Gasteiger partial charge in [0.15, 0.2) is 11.5 Å². The maximum Gasteiger partial charge on any atom is 0.298 e. The number of allylic oxidation sites excluding steroid dienone is 1. The maximum absolute atomic E-state index is 5.79. The summed E-state index contributed by atoms with van der Waals surface area (Å²) in [5.41, 5.74) is 1.08. The number of hydrogen-bond acceptors (Lipinski definition) is 5. The van der Waals surface area contributed by atoms with Crippen molar-refractivity contribution in [3.05, 3.63) is 35.7 Å². The lowest BCUT2D eigenvalue weighted by atomic mass is 10.2. The van der Waals surface area contributed by atoms with Crippen LogP contribution in [0.2, 0.25) is 0 Å². The molecular formula is C15H16N2O2S. The fraction of sp³-hybridized carbons (Fsp3) is 0.333. The number of methoxy groups -OCH3 is 1. The molecule has 1 aromatic heterocycles. The van der Waals surface area contributed by atoms with E-state index in [-0.39, 0.29) is 0 Å². The van der Waals surface area contributed by atoms with Crippen LogP contribution in [0.3, 0.4) is 0 Å². The lowest BCUT2D eigenvalue weighted by molar-refractivity contribution is 0.378. The van der Waals surface area contributed by atoms with Crippen molar-refractivity contribution in [3.8, 4) is 16.7 Å². The molecule has 4 nitrogen and oxygen atoms in total. The highest BCUT2D eigenvalue weighted by Crippen LogP contribution is 2.41. The monoisotopic (exact) mass is 288 g/mol. The van der Waals surface area contributed by atoms with Crippen molar-refractivity contribution in [1.82, 2.24) is 9.36 Å². The van der Waals surface area contributed by atoms with E-state index in [1.54, 1.807) is 7.11 Å². The predicted molar refractivity (Wildman–Crippen MR) is 79.7 cm³/mol. The number of rotatable bonds is 5. The molecule has 0 amide bonds. The van der Waals surface area contributed by atoms with Gasteiger partial charge >= 0.3 is 0 Å². The molecule has 0 bridgehead atoms. The molecule has 1 heterocycles. The Balaban J connectivity index is 1.81. The molecule has 0 radical (unpaired) electrons. The van der Waals surface area contributed by atoms with E-state index in [1.807, 2.05) is 37.3 Å². The first-order valence-electron chi connectivity index (χ1n) is 6.62. The van der Waals surface area contributed by atoms with Crippen molar-refractivity contribution >= 4 is 17.6 Å². The second-order valence-corrected chi connectivity index (χ2v) is 5.42. The van der Waals surface area contributed by atoms with Gasteiger partial charge in [0.1, 0.15) is 5.82 Å². The maximum atomic E-state index is 5.79. The van der Waals surface area contributed by atoms with Gasteiger partial charge in [0.05, 0.1) is 7.11 Å². The standard InChI is InChI=1S/C15H16N2O2S/c1-3-4-10-5-8-12(13(9-10)18-2)19-15-16-14(17-20-15)11-6-7-11/h3-5,8-9,11H,6-7H2,1-2H3/b4-3+. The number of hydrogen-bond donors (Lipinski definition) is 0. The van der Waals surface area contributed by atoms with Crippen molar-refractivity contribution < 1.29 is 9.47 Å². The van der Waals surface area contributed by atoms with Crippen molar-refractivity contribution in [2.45, 2.75) is 25.7 Å². The zero-order valence-corrected chi connectivity index (χ0v) is 12.3. The van der Waals surface area contributed by atoms with Crippen LogP contribution in [0.15, 0.2) is 24.3 Å². The van der Waals surface area contributed by atoms with Crippen LogP contribution >= 0.6 is 11.5 Å². The van der Waals surface area contributed by atoms with Gasteiger partial charge in [0.25, 0.3) is 5.19 Å². The zero-order chi connectivity index (χ0) is 13.9. The average molecular weight is 288 g/mol. The van der Waals surface area contributed by atoms with Gasteiger partial charge in [-0.3, -0.25) is 0 Å². The van der Waals surface area contributed by atoms with E-state index in [2.05, 4.69) is 9.36 Å². The van der Waals surface area contributed by atoms with Crippen LogP contribution in [0.1, 0.15) is 37.1 Å². The third kappa shape index (κ3) is 2.82. The van der Waals surface area contributed by atoms with Crippen LogP contribution < -0.4 is 9.47 Å². The summed E-state index contributed by atoms with van der Waals surface area (Å²) in [6.07, 6.45) is 6.39. The molecular weight excluding hydrogens is 272 g/mol. The van der Waals surface area contributed by atoms with E-state index in [0.717, 1.165) is 11.4 Å². The SMILES string of the molecule is C/C=C/c1ccc(Oc2nc(C3CC3)ns2)c(OC)c1. The summed E-state index contributed by atoms with van der Waals surface area (Å²) >= 11 is 1.29. The fourth-order valence-corrected chi connectivity index (χ4v) is 2.55. The van der Waals surface area contributed by atoms with E-state index in [9.17, 15) is 0 Å². The van der Waals surface area contributed by atoms with Crippen LogP contribution in [0.5, 0.6) is 16.7 Å². The van der Waals surface area contributed by atoms with Crippen LogP contribution in [0.25, 0.3) is 6.08 Å². The van der Waals surface area contributed by atoms with Crippen LogP contribution in [-0.2, 0) is 0 Å². The van der Waals surface area contributed by atoms with Gasteiger partial charge in [-0.05, 0) is 37.5 Å². The summed E-state index contributed by atoms with van der Waals surface area (Å²) in [5, 5.41) is 0.573. The molecule has 1 saturated carbocycles. The Hall–Kier alpha value is -1.88. The molecule has 0 saturated heterocycles. The summed E-state index contributed by atoms with van der Waals surface area (Å²) in [4.78, 5) is 4.42. The number of nitrogens with zero attached hydrogens (tertiary/aromatic N) is 2. The van der Waals surface area contributed by atoms with Gasteiger partial charge < -0.3 is 9.47 Å². The van der Waals surface area contributed by atoms with Gasteiger partial charge in [0, 0.05) is 17.5 Å². The third-order valence-electron chi connectivity index (χ3n) is 3.11.